The maximum Gasteiger partial charge on any atom is 0.338 e. The van der Waals surface area contributed by atoms with Gasteiger partial charge >= 0.3 is 12.0 Å². The van der Waals surface area contributed by atoms with Gasteiger partial charge in [-0.2, -0.15) is 5.01 Å². The number of carbonyl (C=O) groups is 2. The van der Waals surface area contributed by atoms with E-state index in [2.05, 4.69) is 10.0 Å². The lowest BCUT2D eigenvalue weighted by Crippen LogP contribution is -2.42. The average Bonchev–Trinajstić information content (AvgIpc) is 2.03. The number of primary amides is 1. The Morgan fingerprint density at radius 3 is 2.33 bits per heavy atom. The van der Waals surface area contributed by atoms with Crippen LogP contribution in [0, 0.1) is 4.91 Å². The summed E-state index contributed by atoms with van der Waals surface area (Å²) >= 11 is 0. The van der Waals surface area contributed by atoms with E-state index in [1.165, 1.54) is 6.92 Å². The zero-order valence-corrected chi connectivity index (χ0v) is 6.68. The van der Waals surface area contributed by atoms with Crippen molar-refractivity contribution < 1.29 is 14.3 Å². The Morgan fingerprint density at radius 1 is 1.58 bits per heavy atom. The molecule has 0 saturated carbocycles. The van der Waals surface area contributed by atoms with Crippen molar-refractivity contribution in [1.82, 2.24) is 5.01 Å². The summed E-state index contributed by atoms with van der Waals surface area (Å²) in [5.41, 5.74) is 4.73. The molecule has 1 unspecified atom stereocenters. The molecular formula is C5H9N3O4. The Kier molecular flexibility index (Phi) is 3.68. The van der Waals surface area contributed by atoms with Gasteiger partial charge in [-0.15, -0.1) is 4.91 Å². The molecule has 0 radical (unpaired) electrons. The Bertz CT molecular complexity index is 205. The third-order valence-corrected chi connectivity index (χ3v) is 1.22. The molecule has 2 N–H and O–H groups in total. The SMILES string of the molecule is COC(=O)C(C)N(N=O)C(N)=O. The molecule has 68 valence electrons. The van der Waals surface area contributed by atoms with E-state index >= 15 is 0 Å². The van der Waals surface area contributed by atoms with E-state index in [0.717, 1.165) is 7.11 Å². The molecule has 0 saturated heterocycles. The number of hydrogen-bond acceptors (Lipinski definition) is 5. The largest absolute Gasteiger partial charge is 0.467 e. The van der Waals surface area contributed by atoms with Crippen molar-refractivity contribution in [1.29, 1.82) is 0 Å². The van der Waals surface area contributed by atoms with Crippen molar-refractivity contribution in [3.05, 3.63) is 4.91 Å². The normalized spacial score (nSPS) is 11.5. The number of rotatable bonds is 3. The summed E-state index contributed by atoms with van der Waals surface area (Å²) < 4.78 is 4.26. The van der Waals surface area contributed by atoms with Crippen LogP contribution in [0.2, 0.25) is 0 Å². The van der Waals surface area contributed by atoms with E-state index in [9.17, 15) is 14.5 Å². The molecule has 0 bridgehead atoms. The van der Waals surface area contributed by atoms with Crippen LogP contribution >= 0.6 is 0 Å². The van der Waals surface area contributed by atoms with Gasteiger partial charge in [0.25, 0.3) is 0 Å². The fourth-order valence-corrected chi connectivity index (χ4v) is 0.572. The molecule has 1 atom stereocenters. The summed E-state index contributed by atoms with van der Waals surface area (Å²) in [6.45, 7) is 1.28. The second-order valence-electron chi connectivity index (χ2n) is 1.96. The van der Waals surface area contributed by atoms with Gasteiger partial charge in [-0.3, -0.25) is 0 Å². The van der Waals surface area contributed by atoms with Crippen molar-refractivity contribution in [2.24, 2.45) is 11.0 Å². The van der Waals surface area contributed by atoms with Crippen molar-refractivity contribution in [3.63, 3.8) is 0 Å². The standard InChI is InChI=1S/C5H9N3O4/c1-3(4(9)12-2)8(7-11)5(6)10/h3H,1-2H3,(H2,6,10). The van der Waals surface area contributed by atoms with Crippen LogP contribution in [-0.2, 0) is 9.53 Å². The van der Waals surface area contributed by atoms with Gasteiger partial charge in [0.1, 0.15) is 0 Å². The van der Waals surface area contributed by atoms with Gasteiger partial charge in [0.2, 0.25) is 0 Å². The lowest BCUT2D eigenvalue weighted by atomic mass is 10.3. The van der Waals surface area contributed by atoms with Crippen LogP contribution in [0.1, 0.15) is 6.92 Å². The highest BCUT2D eigenvalue weighted by atomic mass is 16.5. The van der Waals surface area contributed by atoms with Gasteiger partial charge in [-0.05, 0) is 6.92 Å². The smallest absolute Gasteiger partial charge is 0.338 e. The van der Waals surface area contributed by atoms with Crippen molar-refractivity contribution in [2.75, 3.05) is 7.11 Å². The van der Waals surface area contributed by atoms with E-state index < -0.39 is 18.0 Å². The van der Waals surface area contributed by atoms with Gasteiger partial charge in [-0.25, -0.2) is 9.59 Å². The predicted molar refractivity (Wildman–Crippen MR) is 38.7 cm³/mol. The Balaban J connectivity index is 4.41. The van der Waals surface area contributed by atoms with Crippen LogP contribution in [0.4, 0.5) is 4.79 Å². The fraction of sp³-hybridized carbons (Fsp3) is 0.600. The Labute approximate surface area is 68.4 Å². The first kappa shape index (κ1) is 10.3. The minimum atomic E-state index is -1.09. The van der Waals surface area contributed by atoms with Gasteiger partial charge in [0.15, 0.2) is 6.04 Å². The van der Waals surface area contributed by atoms with Crippen LogP contribution in [0.15, 0.2) is 5.29 Å². The molecule has 12 heavy (non-hydrogen) atoms. The van der Waals surface area contributed by atoms with E-state index in [1.54, 1.807) is 0 Å². The summed E-state index contributed by atoms with van der Waals surface area (Å²) in [6, 6.07) is -2.19. The third-order valence-electron chi connectivity index (χ3n) is 1.22. The monoisotopic (exact) mass is 175 g/mol. The highest BCUT2D eigenvalue weighted by Crippen LogP contribution is 2.00. The zero-order chi connectivity index (χ0) is 9.72. The number of methoxy groups -OCH3 is 1. The number of carbonyl (C=O) groups excluding carboxylic acids is 2. The summed E-state index contributed by atoms with van der Waals surface area (Å²) in [4.78, 5) is 31.2. The van der Waals surface area contributed by atoms with Gasteiger partial charge in [-0.1, -0.05) is 0 Å². The van der Waals surface area contributed by atoms with Crippen LogP contribution in [0.3, 0.4) is 0 Å². The van der Waals surface area contributed by atoms with Crippen LogP contribution in [0.25, 0.3) is 0 Å². The summed E-state index contributed by atoms with van der Waals surface area (Å²) in [7, 11) is 1.13. The first-order chi connectivity index (χ1) is 5.54. The van der Waals surface area contributed by atoms with E-state index in [0.29, 0.717) is 5.01 Å². The van der Waals surface area contributed by atoms with E-state index in [-0.39, 0.29) is 0 Å². The topological polar surface area (TPSA) is 102 Å². The van der Waals surface area contributed by atoms with Crippen molar-refractivity contribution in [2.45, 2.75) is 13.0 Å². The number of nitrogens with two attached hydrogens (primary N) is 1. The van der Waals surface area contributed by atoms with Crippen LogP contribution in [0.5, 0.6) is 0 Å². The van der Waals surface area contributed by atoms with Gasteiger partial charge < -0.3 is 10.5 Å². The molecule has 0 aromatic heterocycles. The van der Waals surface area contributed by atoms with Crippen LogP contribution < -0.4 is 5.73 Å². The predicted octanol–water partition coefficient (Wildman–Crippen LogP) is -0.390. The second-order valence-corrected chi connectivity index (χ2v) is 1.96. The Morgan fingerprint density at radius 2 is 2.08 bits per heavy atom. The molecule has 0 aromatic carbocycles. The first-order valence-corrected chi connectivity index (χ1v) is 3.04. The number of nitroso groups, excluding NO2 is 1. The van der Waals surface area contributed by atoms with E-state index in [4.69, 9.17) is 5.73 Å². The molecule has 0 spiro atoms. The molecule has 0 rings (SSSR count). The molecule has 0 aliphatic heterocycles. The molecule has 0 aromatic rings. The maximum atomic E-state index is 10.7. The number of amides is 2. The van der Waals surface area contributed by atoms with Crippen LogP contribution in [-0.4, -0.2) is 30.2 Å². The van der Waals surface area contributed by atoms with E-state index in [1.807, 2.05) is 0 Å². The van der Waals surface area contributed by atoms with Crippen molar-refractivity contribution in [3.8, 4) is 0 Å². The molecule has 0 aliphatic rings. The number of urea groups is 1. The summed E-state index contributed by atoms with van der Waals surface area (Å²) in [5, 5.41) is 2.56. The molecule has 7 nitrogen and oxygen atoms in total. The number of ether oxygens (including phenoxy) is 1. The van der Waals surface area contributed by atoms with Crippen molar-refractivity contribution >= 4 is 12.0 Å². The molecular weight excluding hydrogens is 166 g/mol. The maximum absolute atomic E-state index is 10.7. The lowest BCUT2D eigenvalue weighted by Gasteiger charge is -2.15. The zero-order valence-electron chi connectivity index (χ0n) is 6.68. The highest BCUT2D eigenvalue weighted by Gasteiger charge is 2.25. The first-order valence-electron chi connectivity index (χ1n) is 3.04. The molecule has 0 aliphatic carbocycles. The number of esters is 1. The third kappa shape index (κ3) is 2.19. The van der Waals surface area contributed by atoms with Gasteiger partial charge in [0.05, 0.1) is 12.4 Å². The second kappa shape index (κ2) is 4.27. The average molecular weight is 175 g/mol. The molecule has 0 heterocycles. The lowest BCUT2D eigenvalue weighted by molar-refractivity contribution is -0.145. The quantitative estimate of drug-likeness (QED) is 0.358. The highest BCUT2D eigenvalue weighted by molar-refractivity contribution is 5.82. The number of nitrogens with zero attached hydrogens (tertiary/aromatic N) is 2. The summed E-state index contributed by atoms with van der Waals surface area (Å²) in [5.74, 6) is -0.756. The fourth-order valence-electron chi connectivity index (χ4n) is 0.572. The number of hydrogen-bond donors (Lipinski definition) is 1. The minimum absolute atomic E-state index is 0.297. The molecule has 7 heteroatoms. The summed E-state index contributed by atoms with van der Waals surface area (Å²) in [6.07, 6.45) is 0. The molecule has 2 amide bonds. The minimum Gasteiger partial charge on any atom is -0.467 e. The Hall–Kier alpha value is -1.66. The van der Waals surface area contributed by atoms with Gasteiger partial charge in [0, 0.05) is 0 Å². The molecule has 0 fully saturated rings.